The first kappa shape index (κ1) is 20.4. The molecule has 0 aliphatic rings. The normalized spacial score (nSPS) is 13.6. The van der Waals surface area contributed by atoms with Crippen LogP contribution in [0.25, 0.3) is 0 Å². The lowest BCUT2D eigenvalue weighted by Gasteiger charge is -2.13. The third kappa shape index (κ3) is 15.6. The third-order valence-electron chi connectivity index (χ3n) is 3.93. The molecule has 0 bridgehead atoms. The van der Waals surface area contributed by atoms with Crippen molar-refractivity contribution in [2.24, 2.45) is 11.8 Å². The van der Waals surface area contributed by atoms with Gasteiger partial charge < -0.3 is 4.74 Å². The Labute approximate surface area is 133 Å². The molecule has 2 atom stereocenters. The molecule has 0 saturated heterocycles. The second kappa shape index (κ2) is 13.1. The Morgan fingerprint density at radius 2 is 1.10 bits per heavy atom. The van der Waals surface area contributed by atoms with E-state index < -0.39 is 0 Å². The van der Waals surface area contributed by atoms with Gasteiger partial charge in [0.25, 0.3) is 0 Å². The summed E-state index contributed by atoms with van der Waals surface area (Å²) in [5.74, 6) is 1.55. The van der Waals surface area contributed by atoms with Crippen LogP contribution >= 0.6 is 0 Å². The summed E-state index contributed by atoms with van der Waals surface area (Å²) in [5, 5.41) is 0. The first-order valence-electron chi connectivity index (χ1n) is 8.76. The summed E-state index contributed by atoms with van der Waals surface area (Å²) in [6.45, 7) is 15.2. The maximum absolute atomic E-state index is 5.80. The summed E-state index contributed by atoms with van der Waals surface area (Å²) < 4.78 is 5.80. The van der Waals surface area contributed by atoms with E-state index in [1.807, 2.05) is 0 Å². The van der Waals surface area contributed by atoms with E-state index in [0.29, 0.717) is 0 Å². The van der Waals surface area contributed by atoms with E-state index in [9.17, 15) is 0 Å². The Balaban J connectivity index is 3.46. The van der Waals surface area contributed by atoms with Crippen LogP contribution in [0.3, 0.4) is 0 Å². The van der Waals surface area contributed by atoms with Crippen molar-refractivity contribution in [3.05, 3.63) is 23.3 Å². The number of rotatable bonds is 12. The summed E-state index contributed by atoms with van der Waals surface area (Å²) in [6, 6.07) is 0. The van der Waals surface area contributed by atoms with Crippen molar-refractivity contribution in [1.29, 1.82) is 0 Å². The summed E-state index contributed by atoms with van der Waals surface area (Å²) in [4.78, 5) is 0. The Morgan fingerprint density at radius 1 is 0.714 bits per heavy atom. The second-order valence-electron chi connectivity index (χ2n) is 7.12. The van der Waals surface area contributed by atoms with E-state index in [-0.39, 0.29) is 0 Å². The van der Waals surface area contributed by atoms with E-state index in [0.717, 1.165) is 25.0 Å². The highest BCUT2D eigenvalue weighted by Gasteiger charge is 2.03. The van der Waals surface area contributed by atoms with E-state index in [1.54, 1.807) is 0 Å². The average molecular weight is 295 g/mol. The van der Waals surface area contributed by atoms with Crippen LogP contribution in [-0.4, -0.2) is 13.2 Å². The number of hydrogen-bond acceptors (Lipinski definition) is 1. The SMILES string of the molecule is CC(C)=CCCC(C)CCOCCC(C)CCC=C(C)C. The molecule has 0 aliphatic carbocycles. The smallest absolute Gasteiger partial charge is 0.0468 e. The predicted molar refractivity (Wildman–Crippen MR) is 95.7 cm³/mol. The minimum Gasteiger partial charge on any atom is -0.381 e. The Morgan fingerprint density at radius 3 is 1.43 bits per heavy atom. The summed E-state index contributed by atoms with van der Waals surface area (Å²) in [6.07, 6.45) is 12.1. The highest BCUT2D eigenvalue weighted by atomic mass is 16.5. The molecule has 0 saturated carbocycles. The molecule has 21 heavy (non-hydrogen) atoms. The average Bonchev–Trinajstić information content (AvgIpc) is 2.37. The number of allylic oxidation sites excluding steroid dienone is 4. The van der Waals surface area contributed by atoms with E-state index in [4.69, 9.17) is 4.74 Å². The fourth-order valence-corrected chi connectivity index (χ4v) is 2.27. The molecular formula is C20H38O. The third-order valence-corrected chi connectivity index (χ3v) is 3.93. The van der Waals surface area contributed by atoms with Gasteiger partial charge in [0.1, 0.15) is 0 Å². The van der Waals surface area contributed by atoms with Gasteiger partial charge in [-0.15, -0.1) is 0 Å². The van der Waals surface area contributed by atoms with Crippen molar-refractivity contribution in [3.63, 3.8) is 0 Å². The van der Waals surface area contributed by atoms with Crippen LogP contribution in [0.1, 0.15) is 80.1 Å². The van der Waals surface area contributed by atoms with Gasteiger partial charge >= 0.3 is 0 Å². The van der Waals surface area contributed by atoms with Crippen molar-refractivity contribution < 1.29 is 4.74 Å². The highest BCUT2D eigenvalue weighted by Crippen LogP contribution is 2.14. The first-order valence-corrected chi connectivity index (χ1v) is 8.76. The van der Waals surface area contributed by atoms with Gasteiger partial charge in [-0.05, 0) is 78.1 Å². The maximum Gasteiger partial charge on any atom is 0.0468 e. The first-order chi connectivity index (χ1) is 9.91. The maximum atomic E-state index is 5.80. The van der Waals surface area contributed by atoms with Crippen LogP contribution in [0.5, 0.6) is 0 Å². The van der Waals surface area contributed by atoms with Gasteiger partial charge in [-0.2, -0.15) is 0 Å². The van der Waals surface area contributed by atoms with Crippen molar-refractivity contribution in [1.82, 2.24) is 0 Å². The fourth-order valence-electron chi connectivity index (χ4n) is 2.27. The molecule has 124 valence electrons. The standard InChI is InChI=1S/C20H38O/c1-17(2)9-7-11-19(5)13-15-21-16-14-20(6)12-8-10-18(3)4/h9-10,19-20H,7-8,11-16H2,1-6H3. The molecule has 0 N–H and O–H groups in total. The minimum atomic E-state index is 0.774. The number of ether oxygens (including phenoxy) is 1. The van der Waals surface area contributed by atoms with Gasteiger partial charge in [0.2, 0.25) is 0 Å². The molecule has 0 spiro atoms. The van der Waals surface area contributed by atoms with Crippen LogP contribution in [0.4, 0.5) is 0 Å². The quantitative estimate of drug-likeness (QED) is 0.293. The molecule has 0 aromatic carbocycles. The zero-order valence-electron chi connectivity index (χ0n) is 15.4. The van der Waals surface area contributed by atoms with Gasteiger partial charge in [0, 0.05) is 13.2 Å². The molecule has 0 fully saturated rings. The molecule has 0 aromatic rings. The molecule has 0 radical (unpaired) electrons. The Kier molecular flexibility index (Phi) is 12.8. The monoisotopic (exact) mass is 294 g/mol. The van der Waals surface area contributed by atoms with Crippen LogP contribution in [0, 0.1) is 11.8 Å². The molecule has 0 aliphatic heterocycles. The topological polar surface area (TPSA) is 9.23 Å². The minimum absolute atomic E-state index is 0.774. The van der Waals surface area contributed by atoms with Crippen molar-refractivity contribution in [2.75, 3.05) is 13.2 Å². The van der Waals surface area contributed by atoms with Crippen LogP contribution in [0.15, 0.2) is 23.3 Å². The second-order valence-corrected chi connectivity index (χ2v) is 7.12. The largest absolute Gasteiger partial charge is 0.381 e. The lowest BCUT2D eigenvalue weighted by Crippen LogP contribution is -2.06. The molecule has 0 aromatic heterocycles. The lowest BCUT2D eigenvalue weighted by molar-refractivity contribution is 0.109. The lowest BCUT2D eigenvalue weighted by atomic mass is 10.0. The van der Waals surface area contributed by atoms with Gasteiger partial charge in [-0.3, -0.25) is 0 Å². The zero-order chi connectivity index (χ0) is 16.1. The van der Waals surface area contributed by atoms with Gasteiger partial charge in [0.05, 0.1) is 0 Å². The Hall–Kier alpha value is -0.560. The van der Waals surface area contributed by atoms with Crippen LogP contribution < -0.4 is 0 Å². The van der Waals surface area contributed by atoms with Crippen LogP contribution in [0.2, 0.25) is 0 Å². The van der Waals surface area contributed by atoms with Gasteiger partial charge in [0.15, 0.2) is 0 Å². The molecule has 0 amide bonds. The molecule has 2 unspecified atom stereocenters. The Bertz CT molecular complexity index is 263. The van der Waals surface area contributed by atoms with Crippen molar-refractivity contribution >= 4 is 0 Å². The predicted octanol–water partition coefficient (Wildman–Crippen LogP) is 6.55. The van der Waals surface area contributed by atoms with Crippen molar-refractivity contribution in [3.8, 4) is 0 Å². The van der Waals surface area contributed by atoms with E-state index in [1.165, 1.54) is 49.7 Å². The fraction of sp³-hybridized carbons (Fsp3) is 0.800. The van der Waals surface area contributed by atoms with Gasteiger partial charge in [-0.25, -0.2) is 0 Å². The highest BCUT2D eigenvalue weighted by molar-refractivity contribution is 4.93. The molecule has 0 heterocycles. The van der Waals surface area contributed by atoms with E-state index in [2.05, 4.69) is 53.7 Å². The summed E-state index contributed by atoms with van der Waals surface area (Å²) in [5.41, 5.74) is 2.86. The van der Waals surface area contributed by atoms with Crippen molar-refractivity contribution in [2.45, 2.75) is 80.1 Å². The van der Waals surface area contributed by atoms with Crippen LogP contribution in [-0.2, 0) is 4.74 Å². The molecule has 0 rings (SSSR count). The summed E-state index contributed by atoms with van der Waals surface area (Å²) in [7, 11) is 0. The molecule has 1 nitrogen and oxygen atoms in total. The van der Waals surface area contributed by atoms with E-state index >= 15 is 0 Å². The molecular weight excluding hydrogens is 256 g/mol. The number of hydrogen-bond donors (Lipinski definition) is 0. The molecule has 1 heteroatoms. The zero-order valence-corrected chi connectivity index (χ0v) is 15.4. The summed E-state index contributed by atoms with van der Waals surface area (Å²) >= 11 is 0. The van der Waals surface area contributed by atoms with Gasteiger partial charge in [-0.1, -0.05) is 37.1 Å².